The van der Waals surface area contributed by atoms with Crippen molar-refractivity contribution in [1.82, 2.24) is 9.88 Å². The van der Waals surface area contributed by atoms with Gasteiger partial charge in [-0.05, 0) is 25.0 Å². The molecule has 1 saturated carbocycles. The van der Waals surface area contributed by atoms with Gasteiger partial charge >= 0.3 is 5.97 Å². The van der Waals surface area contributed by atoms with E-state index in [2.05, 4.69) is 4.98 Å². The highest BCUT2D eigenvalue weighted by Crippen LogP contribution is 2.29. The third kappa shape index (κ3) is 3.58. The van der Waals surface area contributed by atoms with E-state index in [9.17, 15) is 9.59 Å². The number of carbonyl (C=O) groups is 2. The van der Waals surface area contributed by atoms with Gasteiger partial charge in [-0.2, -0.15) is 0 Å². The molecular weight excluding hydrogens is 291 g/mol. The van der Waals surface area contributed by atoms with E-state index >= 15 is 0 Å². The summed E-state index contributed by atoms with van der Waals surface area (Å²) in [5.41, 5.74) is 0.253. The number of aromatic nitrogens is 1. The van der Waals surface area contributed by atoms with E-state index in [1.807, 2.05) is 0 Å². The van der Waals surface area contributed by atoms with Crippen molar-refractivity contribution in [2.45, 2.75) is 25.3 Å². The van der Waals surface area contributed by atoms with Gasteiger partial charge in [-0.3, -0.25) is 9.59 Å². The number of aliphatic carboxylic acids is 1. The number of amides is 1. The van der Waals surface area contributed by atoms with Crippen molar-refractivity contribution >= 4 is 35.1 Å². The number of hydrogen-bond donors (Lipinski definition) is 1. The molecule has 1 aliphatic carbocycles. The second-order valence-corrected chi connectivity index (χ2v) is 5.09. The molecule has 1 aliphatic rings. The Balaban J connectivity index is 2.16. The zero-order chi connectivity index (χ0) is 14.0. The molecule has 7 heteroatoms. The van der Waals surface area contributed by atoms with Gasteiger partial charge in [0.15, 0.2) is 0 Å². The van der Waals surface area contributed by atoms with Crippen LogP contribution < -0.4 is 0 Å². The molecule has 1 aromatic rings. The van der Waals surface area contributed by atoms with Crippen LogP contribution in [-0.4, -0.2) is 39.5 Å². The average molecular weight is 303 g/mol. The minimum Gasteiger partial charge on any atom is -0.481 e. The molecule has 1 fully saturated rings. The van der Waals surface area contributed by atoms with E-state index in [4.69, 9.17) is 28.3 Å². The van der Waals surface area contributed by atoms with Crippen LogP contribution in [0.1, 0.15) is 29.6 Å². The lowest BCUT2D eigenvalue weighted by molar-refractivity contribution is -0.137. The first-order valence-electron chi connectivity index (χ1n) is 5.84. The predicted molar refractivity (Wildman–Crippen MR) is 70.6 cm³/mol. The Labute approximate surface area is 120 Å². The highest BCUT2D eigenvalue weighted by Gasteiger charge is 2.34. The van der Waals surface area contributed by atoms with Crippen LogP contribution in [0.5, 0.6) is 0 Å². The van der Waals surface area contributed by atoms with Gasteiger partial charge in [0.05, 0.1) is 12.0 Å². The first kappa shape index (κ1) is 14.1. The predicted octanol–water partition coefficient (Wildman–Crippen LogP) is 2.47. The Hall–Kier alpha value is -1.33. The molecule has 0 spiro atoms. The van der Waals surface area contributed by atoms with Gasteiger partial charge < -0.3 is 10.0 Å². The minimum atomic E-state index is -0.932. The summed E-state index contributed by atoms with van der Waals surface area (Å²) >= 11 is 11.6. The number of hydrogen-bond acceptors (Lipinski definition) is 3. The van der Waals surface area contributed by atoms with E-state index in [0.29, 0.717) is 0 Å². The number of halogens is 2. The lowest BCUT2D eigenvalue weighted by atomic mass is 10.2. The maximum Gasteiger partial charge on any atom is 0.305 e. The summed E-state index contributed by atoms with van der Waals surface area (Å²) in [4.78, 5) is 28.3. The number of carboxylic acids is 1. The molecule has 2 rings (SSSR count). The van der Waals surface area contributed by atoms with Crippen molar-refractivity contribution < 1.29 is 14.7 Å². The van der Waals surface area contributed by atoms with Gasteiger partial charge in [0.1, 0.15) is 10.3 Å². The molecule has 0 aromatic carbocycles. The molecule has 0 bridgehead atoms. The van der Waals surface area contributed by atoms with Crippen molar-refractivity contribution in [1.29, 1.82) is 0 Å². The fourth-order valence-corrected chi connectivity index (χ4v) is 2.20. The molecule has 1 amide bonds. The Kier molecular flexibility index (Phi) is 4.27. The Morgan fingerprint density at radius 3 is 2.58 bits per heavy atom. The third-order valence-corrected chi connectivity index (χ3v) is 3.36. The van der Waals surface area contributed by atoms with Crippen molar-refractivity contribution in [3.8, 4) is 0 Å². The normalized spacial score (nSPS) is 14.2. The summed E-state index contributed by atoms with van der Waals surface area (Å²) < 4.78 is 0. The van der Waals surface area contributed by atoms with Gasteiger partial charge in [0.2, 0.25) is 0 Å². The molecule has 19 heavy (non-hydrogen) atoms. The van der Waals surface area contributed by atoms with Gasteiger partial charge in [-0.15, -0.1) is 0 Å². The highest BCUT2D eigenvalue weighted by atomic mass is 35.5. The van der Waals surface area contributed by atoms with E-state index in [0.717, 1.165) is 12.8 Å². The fraction of sp³-hybridized carbons (Fsp3) is 0.417. The zero-order valence-corrected chi connectivity index (χ0v) is 11.5. The van der Waals surface area contributed by atoms with E-state index in [1.54, 1.807) is 4.90 Å². The monoisotopic (exact) mass is 302 g/mol. The van der Waals surface area contributed by atoms with Crippen LogP contribution in [-0.2, 0) is 4.79 Å². The summed E-state index contributed by atoms with van der Waals surface area (Å²) in [6.07, 6.45) is 1.70. The Morgan fingerprint density at radius 1 is 1.37 bits per heavy atom. The lowest BCUT2D eigenvalue weighted by Crippen LogP contribution is -2.35. The van der Waals surface area contributed by atoms with Crippen LogP contribution in [0, 0.1) is 0 Å². The number of nitrogens with zero attached hydrogens (tertiary/aromatic N) is 2. The van der Waals surface area contributed by atoms with Crippen molar-refractivity contribution in [2.75, 3.05) is 6.54 Å². The van der Waals surface area contributed by atoms with Crippen LogP contribution in [0.2, 0.25) is 10.3 Å². The fourth-order valence-electron chi connectivity index (χ4n) is 1.78. The summed E-state index contributed by atoms with van der Waals surface area (Å²) in [5.74, 6) is -1.23. The van der Waals surface area contributed by atoms with Gasteiger partial charge in [-0.25, -0.2) is 4.98 Å². The van der Waals surface area contributed by atoms with Crippen LogP contribution in [0.4, 0.5) is 0 Å². The minimum absolute atomic E-state index is 0.0403. The zero-order valence-electron chi connectivity index (χ0n) is 9.97. The molecule has 0 saturated heterocycles. The summed E-state index contributed by atoms with van der Waals surface area (Å²) in [5, 5.41) is 8.97. The van der Waals surface area contributed by atoms with Gasteiger partial charge in [0.25, 0.3) is 5.91 Å². The Morgan fingerprint density at radius 2 is 2.05 bits per heavy atom. The van der Waals surface area contributed by atoms with Gasteiger partial charge in [-0.1, -0.05) is 23.2 Å². The lowest BCUT2D eigenvalue weighted by Gasteiger charge is -2.22. The molecule has 102 valence electrons. The van der Waals surface area contributed by atoms with Crippen molar-refractivity contribution in [3.63, 3.8) is 0 Å². The summed E-state index contributed by atoms with van der Waals surface area (Å²) in [7, 11) is 0. The number of carboxylic acid groups (broad SMARTS) is 1. The van der Waals surface area contributed by atoms with Crippen LogP contribution in [0.3, 0.4) is 0 Å². The standard InChI is InChI=1S/C12H12Cl2N2O3/c13-9-4-3-8(11(14)15-9)12(19)16(7-1-2-7)6-5-10(17)18/h3-4,7H,1-2,5-6H2,(H,17,18). The maximum atomic E-state index is 12.3. The quantitative estimate of drug-likeness (QED) is 0.848. The van der Waals surface area contributed by atoms with Crippen molar-refractivity contribution in [2.24, 2.45) is 0 Å². The van der Waals surface area contributed by atoms with Crippen molar-refractivity contribution in [3.05, 3.63) is 28.0 Å². The largest absolute Gasteiger partial charge is 0.481 e. The molecule has 1 aromatic heterocycles. The molecule has 0 aliphatic heterocycles. The molecular formula is C12H12Cl2N2O3. The number of pyridine rings is 1. The van der Waals surface area contributed by atoms with E-state index in [-0.39, 0.29) is 40.8 Å². The number of carbonyl (C=O) groups excluding carboxylic acids is 1. The second kappa shape index (κ2) is 5.75. The average Bonchev–Trinajstić information content (AvgIpc) is 3.13. The smallest absolute Gasteiger partial charge is 0.305 e. The second-order valence-electron chi connectivity index (χ2n) is 4.35. The first-order valence-corrected chi connectivity index (χ1v) is 6.59. The topological polar surface area (TPSA) is 70.5 Å². The van der Waals surface area contributed by atoms with Crippen LogP contribution in [0.25, 0.3) is 0 Å². The Bertz CT molecular complexity index is 518. The maximum absolute atomic E-state index is 12.3. The summed E-state index contributed by atoms with van der Waals surface area (Å²) in [6.45, 7) is 0.178. The third-order valence-electron chi connectivity index (χ3n) is 2.86. The first-order chi connectivity index (χ1) is 8.99. The van der Waals surface area contributed by atoms with Crippen LogP contribution >= 0.6 is 23.2 Å². The highest BCUT2D eigenvalue weighted by molar-refractivity contribution is 6.34. The number of rotatable bonds is 5. The molecule has 5 nitrogen and oxygen atoms in total. The van der Waals surface area contributed by atoms with E-state index in [1.165, 1.54) is 12.1 Å². The SMILES string of the molecule is O=C(O)CCN(C(=O)c1ccc(Cl)nc1Cl)C1CC1. The van der Waals surface area contributed by atoms with Crippen LogP contribution in [0.15, 0.2) is 12.1 Å². The van der Waals surface area contributed by atoms with E-state index < -0.39 is 5.97 Å². The molecule has 0 atom stereocenters. The molecule has 0 radical (unpaired) electrons. The molecule has 0 unspecified atom stereocenters. The molecule has 1 N–H and O–H groups in total. The summed E-state index contributed by atoms with van der Waals surface area (Å²) in [6, 6.07) is 3.11. The molecule has 1 heterocycles. The van der Waals surface area contributed by atoms with Gasteiger partial charge in [0, 0.05) is 12.6 Å².